The number of carbonyl (C=O) groups excluding carboxylic acids is 1. The molecule has 2 N–H and O–H groups in total. The molecule has 1 amide bonds. The number of nitrogens with one attached hydrogen (secondary N) is 2. The van der Waals surface area contributed by atoms with Crippen LogP contribution >= 0.6 is 0 Å². The third-order valence-electron chi connectivity index (χ3n) is 4.21. The quantitative estimate of drug-likeness (QED) is 0.512. The highest BCUT2D eigenvalue weighted by Gasteiger charge is 2.24. The highest BCUT2D eigenvalue weighted by Crippen LogP contribution is 2.34. The highest BCUT2D eigenvalue weighted by molar-refractivity contribution is 7.84. The van der Waals surface area contributed by atoms with Gasteiger partial charge in [0.15, 0.2) is 0 Å². The molecule has 1 atom stereocenters. The number of hydrogen-bond donors (Lipinski definition) is 2. The van der Waals surface area contributed by atoms with Crippen molar-refractivity contribution in [3.63, 3.8) is 0 Å². The summed E-state index contributed by atoms with van der Waals surface area (Å²) < 4.78 is 11.7. The Kier molecular flexibility index (Phi) is 7.24. The maximum atomic E-state index is 12.4. The summed E-state index contributed by atoms with van der Waals surface area (Å²) in [6, 6.07) is 7.98. The van der Waals surface area contributed by atoms with Gasteiger partial charge in [0.05, 0.1) is 28.8 Å². The van der Waals surface area contributed by atoms with Crippen LogP contribution in [0.15, 0.2) is 35.2 Å². The smallest absolute Gasteiger partial charge is 0.276 e. The lowest BCUT2D eigenvalue weighted by Crippen LogP contribution is -2.23. The normalized spacial score (nSPS) is 11.7. The molecule has 2 aromatic carbocycles. The van der Waals surface area contributed by atoms with Crippen LogP contribution in [-0.4, -0.2) is 28.4 Å². The van der Waals surface area contributed by atoms with E-state index in [9.17, 15) is 19.1 Å². The van der Waals surface area contributed by atoms with Crippen LogP contribution in [-0.2, 0) is 22.1 Å². The molecule has 150 valence electrons. The summed E-state index contributed by atoms with van der Waals surface area (Å²) in [5.41, 5.74) is 4.71. The summed E-state index contributed by atoms with van der Waals surface area (Å²) in [4.78, 5) is 28.9. The van der Waals surface area contributed by atoms with Crippen molar-refractivity contribution < 1.29 is 18.8 Å². The fourth-order valence-electron chi connectivity index (χ4n) is 2.88. The van der Waals surface area contributed by atoms with Crippen molar-refractivity contribution in [1.82, 2.24) is 5.48 Å². The first kappa shape index (κ1) is 21.5. The highest BCUT2D eigenvalue weighted by atomic mass is 32.2. The molecule has 0 radical (unpaired) electrons. The third-order valence-corrected chi connectivity index (χ3v) is 5.13. The Morgan fingerprint density at radius 2 is 2.00 bits per heavy atom. The molecular weight excluding hydrogens is 382 g/mol. The van der Waals surface area contributed by atoms with Crippen molar-refractivity contribution in [3.8, 4) is 0 Å². The summed E-state index contributed by atoms with van der Waals surface area (Å²) in [5.74, 6) is -0.513. The van der Waals surface area contributed by atoms with E-state index in [1.807, 2.05) is 13.8 Å². The Balaban J connectivity index is 2.64. The first-order valence-electron chi connectivity index (χ1n) is 8.64. The first-order chi connectivity index (χ1) is 13.3. The Morgan fingerprint density at radius 3 is 2.54 bits per heavy atom. The molecular formula is C19H23N3O5S. The topological polar surface area (TPSA) is 111 Å². The molecule has 0 spiro atoms. The van der Waals surface area contributed by atoms with Gasteiger partial charge in [-0.3, -0.25) is 24.0 Å². The number of rotatable bonds is 8. The zero-order valence-electron chi connectivity index (χ0n) is 16.2. The van der Waals surface area contributed by atoms with Crippen LogP contribution in [0.3, 0.4) is 0 Å². The van der Waals surface area contributed by atoms with Gasteiger partial charge in [0.25, 0.3) is 11.6 Å². The van der Waals surface area contributed by atoms with Crippen molar-refractivity contribution in [2.75, 3.05) is 18.7 Å². The molecule has 0 saturated heterocycles. The van der Waals surface area contributed by atoms with Crippen molar-refractivity contribution in [1.29, 1.82) is 0 Å². The van der Waals surface area contributed by atoms with E-state index in [1.54, 1.807) is 24.5 Å². The lowest BCUT2D eigenvalue weighted by molar-refractivity contribution is -0.385. The summed E-state index contributed by atoms with van der Waals surface area (Å²) in [6.45, 7) is 3.75. The molecule has 9 heteroatoms. The molecule has 2 rings (SSSR count). The number of hydrogen-bond acceptors (Lipinski definition) is 6. The summed E-state index contributed by atoms with van der Waals surface area (Å²) in [6.07, 6.45) is 2.68. The largest absolute Gasteiger partial charge is 0.354 e. The molecule has 0 aliphatic carbocycles. The van der Waals surface area contributed by atoms with E-state index >= 15 is 0 Å². The van der Waals surface area contributed by atoms with Gasteiger partial charge in [-0.2, -0.15) is 0 Å². The van der Waals surface area contributed by atoms with E-state index < -0.39 is 21.6 Å². The number of amides is 1. The minimum atomic E-state index is -1.12. The van der Waals surface area contributed by atoms with Gasteiger partial charge < -0.3 is 5.32 Å². The van der Waals surface area contributed by atoms with Gasteiger partial charge in [-0.25, -0.2) is 5.48 Å². The van der Waals surface area contributed by atoms with Gasteiger partial charge in [0.2, 0.25) is 0 Å². The zero-order chi connectivity index (χ0) is 20.8. The average molecular weight is 405 g/mol. The number of benzene rings is 2. The van der Waals surface area contributed by atoms with E-state index in [0.717, 1.165) is 5.56 Å². The third kappa shape index (κ3) is 4.73. The van der Waals surface area contributed by atoms with Crippen LogP contribution in [0.2, 0.25) is 0 Å². The van der Waals surface area contributed by atoms with Crippen LogP contribution in [0.1, 0.15) is 34.8 Å². The second-order valence-corrected chi connectivity index (χ2v) is 7.56. The van der Waals surface area contributed by atoms with E-state index in [1.165, 1.54) is 19.2 Å². The lowest BCUT2D eigenvalue weighted by atomic mass is 9.99. The van der Waals surface area contributed by atoms with Gasteiger partial charge in [-0.1, -0.05) is 13.3 Å². The van der Waals surface area contributed by atoms with Gasteiger partial charge >= 0.3 is 0 Å². The molecule has 8 nitrogen and oxygen atoms in total. The van der Waals surface area contributed by atoms with E-state index in [-0.39, 0.29) is 11.3 Å². The second-order valence-electron chi connectivity index (χ2n) is 6.18. The molecule has 2 aromatic rings. The molecule has 0 bridgehead atoms. The molecule has 0 aliphatic rings. The number of hydroxylamine groups is 1. The number of anilines is 2. The number of aryl methyl sites for hydroxylation is 1. The Morgan fingerprint density at radius 1 is 1.29 bits per heavy atom. The van der Waals surface area contributed by atoms with Crippen LogP contribution < -0.4 is 10.8 Å². The van der Waals surface area contributed by atoms with Crippen LogP contribution in [0, 0.1) is 17.0 Å². The van der Waals surface area contributed by atoms with Crippen LogP contribution in [0.25, 0.3) is 0 Å². The van der Waals surface area contributed by atoms with Crippen molar-refractivity contribution in [3.05, 3.63) is 57.1 Å². The minimum absolute atomic E-state index is 0.0535. The van der Waals surface area contributed by atoms with Gasteiger partial charge in [0.1, 0.15) is 0 Å². The minimum Gasteiger partial charge on any atom is -0.354 e. The standard InChI is InChI=1S/C19H23N3O5S/c1-5-6-14-17(22(24)25)10-8-15(19(23)21-27-3)18(14)20-16-9-7-13(28(4)26)11-12(16)2/h7-11,20H,5-6H2,1-4H3,(H,21,23). The zero-order valence-corrected chi connectivity index (χ0v) is 17.0. The maximum Gasteiger partial charge on any atom is 0.276 e. The molecule has 28 heavy (non-hydrogen) atoms. The predicted octanol–water partition coefficient (Wildman–Crippen LogP) is 3.63. The predicted molar refractivity (Wildman–Crippen MR) is 108 cm³/mol. The summed E-state index contributed by atoms with van der Waals surface area (Å²) in [7, 11) is 0.193. The Labute approximate surface area is 165 Å². The number of nitrogens with zero attached hydrogens (tertiary/aromatic N) is 1. The maximum absolute atomic E-state index is 12.4. The molecule has 0 saturated carbocycles. The van der Waals surface area contributed by atoms with E-state index in [2.05, 4.69) is 10.8 Å². The molecule has 0 heterocycles. The van der Waals surface area contributed by atoms with Gasteiger partial charge in [-0.05, 0) is 43.2 Å². The number of nitro groups is 1. The number of carbonyl (C=O) groups is 1. The molecule has 0 fully saturated rings. The van der Waals surface area contributed by atoms with Gasteiger partial charge in [0, 0.05) is 33.7 Å². The van der Waals surface area contributed by atoms with Crippen molar-refractivity contribution in [2.24, 2.45) is 0 Å². The van der Waals surface area contributed by atoms with Crippen LogP contribution in [0.5, 0.6) is 0 Å². The molecule has 0 aliphatic heterocycles. The first-order valence-corrected chi connectivity index (χ1v) is 10.2. The SMILES string of the molecule is CCCc1c([N+](=O)[O-])ccc(C(=O)NOC)c1Nc1ccc(S(C)=O)cc1C. The van der Waals surface area contributed by atoms with E-state index in [0.29, 0.717) is 34.7 Å². The van der Waals surface area contributed by atoms with Crippen LogP contribution in [0.4, 0.5) is 17.1 Å². The fourth-order valence-corrected chi connectivity index (χ4v) is 3.48. The summed E-state index contributed by atoms with van der Waals surface area (Å²) >= 11 is 0. The molecule has 0 aromatic heterocycles. The average Bonchev–Trinajstić information content (AvgIpc) is 2.64. The van der Waals surface area contributed by atoms with Crippen molar-refractivity contribution in [2.45, 2.75) is 31.6 Å². The van der Waals surface area contributed by atoms with Crippen molar-refractivity contribution >= 4 is 33.8 Å². The Bertz CT molecular complexity index is 930. The lowest BCUT2D eigenvalue weighted by Gasteiger charge is -2.18. The van der Waals surface area contributed by atoms with Gasteiger partial charge in [-0.15, -0.1) is 0 Å². The number of nitro benzene ring substituents is 1. The monoisotopic (exact) mass is 405 g/mol. The summed E-state index contributed by atoms with van der Waals surface area (Å²) in [5, 5.41) is 14.7. The Hall–Kier alpha value is -2.78. The molecule has 1 unspecified atom stereocenters. The van der Waals surface area contributed by atoms with E-state index in [4.69, 9.17) is 4.84 Å². The second kappa shape index (κ2) is 9.43. The fraction of sp³-hybridized carbons (Fsp3) is 0.316.